The van der Waals surface area contributed by atoms with Crippen LogP contribution in [0.15, 0.2) is 18.3 Å². The normalized spacial score (nSPS) is 10.4. The van der Waals surface area contributed by atoms with Crippen LogP contribution in [0.3, 0.4) is 0 Å². The second kappa shape index (κ2) is 3.02. The number of ether oxygens (including phenoxy) is 1. The van der Waals surface area contributed by atoms with Crippen molar-refractivity contribution in [1.82, 2.24) is 9.97 Å². The van der Waals surface area contributed by atoms with Gasteiger partial charge in [0.1, 0.15) is 11.2 Å². The number of methoxy groups -OCH3 is 1. The fourth-order valence-electron chi connectivity index (χ4n) is 1.24. The minimum atomic E-state index is -0.465. The molecule has 2 aromatic heterocycles. The summed E-state index contributed by atoms with van der Waals surface area (Å²) in [5.74, 6) is -0.465. The Kier molecular flexibility index (Phi) is 1.85. The van der Waals surface area contributed by atoms with Crippen LogP contribution in [0.25, 0.3) is 11.0 Å². The number of hydrogen-bond donors (Lipinski definition) is 2. The van der Waals surface area contributed by atoms with Gasteiger partial charge in [0.25, 0.3) is 0 Å². The molecule has 0 unspecified atom stereocenters. The number of carbonyl (C=O) groups excluding carboxylic acids is 1. The molecule has 5 nitrogen and oxygen atoms in total. The third-order valence-corrected chi connectivity index (χ3v) is 1.95. The van der Waals surface area contributed by atoms with Crippen LogP contribution in [-0.4, -0.2) is 23.0 Å². The van der Waals surface area contributed by atoms with Crippen molar-refractivity contribution in [1.29, 1.82) is 0 Å². The number of fused-ring (bicyclic) bond motifs is 1. The summed E-state index contributed by atoms with van der Waals surface area (Å²) in [6.07, 6.45) is 1.64. The minimum absolute atomic E-state index is 0.256. The van der Waals surface area contributed by atoms with Crippen LogP contribution < -0.4 is 5.73 Å². The van der Waals surface area contributed by atoms with Crippen molar-refractivity contribution in [2.75, 3.05) is 12.8 Å². The van der Waals surface area contributed by atoms with Crippen molar-refractivity contribution >= 4 is 22.7 Å². The molecule has 0 bridgehead atoms. The first-order valence-corrected chi connectivity index (χ1v) is 4.04. The molecule has 3 N–H and O–H groups in total. The molecule has 2 heterocycles. The van der Waals surface area contributed by atoms with Gasteiger partial charge in [0.05, 0.1) is 18.3 Å². The van der Waals surface area contributed by atoms with Gasteiger partial charge >= 0.3 is 5.97 Å². The maximum Gasteiger partial charge on any atom is 0.356 e. The summed E-state index contributed by atoms with van der Waals surface area (Å²) in [5.41, 5.74) is 7.81. The summed E-state index contributed by atoms with van der Waals surface area (Å²) in [5, 5.41) is 0. The first kappa shape index (κ1) is 8.55. The zero-order valence-electron chi connectivity index (χ0n) is 7.57. The zero-order valence-corrected chi connectivity index (χ0v) is 7.57. The molecule has 0 spiro atoms. The lowest BCUT2D eigenvalue weighted by atomic mass is 10.3. The van der Waals surface area contributed by atoms with E-state index in [0.29, 0.717) is 11.2 Å². The molecular weight excluding hydrogens is 182 g/mol. The third kappa shape index (κ3) is 1.19. The average molecular weight is 191 g/mol. The van der Waals surface area contributed by atoms with E-state index in [9.17, 15) is 4.79 Å². The number of rotatable bonds is 1. The molecule has 0 saturated heterocycles. The molecule has 72 valence electrons. The molecule has 0 aliphatic carbocycles. The largest absolute Gasteiger partial charge is 0.464 e. The first-order valence-electron chi connectivity index (χ1n) is 4.04. The summed E-state index contributed by atoms with van der Waals surface area (Å²) in [4.78, 5) is 18.2. The van der Waals surface area contributed by atoms with Gasteiger partial charge in [0.2, 0.25) is 0 Å². The van der Waals surface area contributed by atoms with Gasteiger partial charge < -0.3 is 15.5 Å². The van der Waals surface area contributed by atoms with E-state index in [0.717, 1.165) is 5.52 Å². The Balaban J connectivity index is 2.60. The van der Waals surface area contributed by atoms with E-state index in [-0.39, 0.29) is 5.69 Å². The molecule has 0 fully saturated rings. The molecule has 0 aromatic carbocycles. The summed E-state index contributed by atoms with van der Waals surface area (Å²) in [6, 6.07) is 3.33. The Morgan fingerprint density at radius 1 is 1.57 bits per heavy atom. The third-order valence-electron chi connectivity index (χ3n) is 1.95. The molecule has 0 amide bonds. The Morgan fingerprint density at radius 2 is 2.36 bits per heavy atom. The van der Waals surface area contributed by atoms with Gasteiger partial charge in [0, 0.05) is 6.20 Å². The lowest BCUT2D eigenvalue weighted by molar-refractivity contribution is 0.0594. The van der Waals surface area contributed by atoms with E-state index < -0.39 is 5.97 Å². The molecule has 0 atom stereocenters. The van der Waals surface area contributed by atoms with E-state index in [1.54, 1.807) is 18.3 Å². The van der Waals surface area contributed by atoms with Crippen molar-refractivity contribution in [3.05, 3.63) is 24.0 Å². The highest BCUT2D eigenvalue weighted by atomic mass is 16.5. The van der Waals surface area contributed by atoms with Gasteiger partial charge in [-0.15, -0.1) is 0 Å². The molecule has 0 aliphatic rings. The monoisotopic (exact) mass is 191 g/mol. The highest BCUT2D eigenvalue weighted by Crippen LogP contribution is 2.17. The topological polar surface area (TPSA) is 81.0 Å². The number of pyridine rings is 1. The molecule has 0 aliphatic heterocycles. The second-order valence-electron chi connectivity index (χ2n) is 2.83. The van der Waals surface area contributed by atoms with Gasteiger partial charge in [0.15, 0.2) is 0 Å². The van der Waals surface area contributed by atoms with Crippen molar-refractivity contribution in [2.45, 2.75) is 0 Å². The van der Waals surface area contributed by atoms with Crippen molar-refractivity contribution in [3.63, 3.8) is 0 Å². The average Bonchev–Trinajstić information content (AvgIpc) is 2.59. The molecule has 2 rings (SSSR count). The molecule has 0 saturated carbocycles. The lowest BCUT2D eigenvalue weighted by Gasteiger charge is -1.98. The highest BCUT2D eigenvalue weighted by molar-refractivity contribution is 5.93. The number of aromatic amines is 1. The number of esters is 1. The number of carbonyl (C=O) groups is 1. The molecule has 14 heavy (non-hydrogen) atoms. The van der Waals surface area contributed by atoms with E-state index in [4.69, 9.17) is 5.73 Å². The maximum absolute atomic E-state index is 11.2. The SMILES string of the molecule is COC(=O)c1ccc2[nH]cc(N)c2n1. The van der Waals surface area contributed by atoms with Crippen LogP contribution >= 0.6 is 0 Å². The van der Waals surface area contributed by atoms with Crippen LogP contribution in [0.1, 0.15) is 10.5 Å². The van der Waals surface area contributed by atoms with Crippen molar-refractivity contribution in [3.8, 4) is 0 Å². The quantitative estimate of drug-likeness (QED) is 0.657. The van der Waals surface area contributed by atoms with Gasteiger partial charge in [-0.05, 0) is 12.1 Å². The number of nitrogens with one attached hydrogen (secondary N) is 1. The number of anilines is 1. The zero-order chi connectivity index (χ0) is 10.1. The van der Waals surface area contributed by atoms with Crippen LogP contribution in [0.4, 0.5) is 5.69 Å². The smallest absolute Gasteiger partial charge is 0.356 e. The van der Waals surface area contributed by atoms with Gasteiger partial charge in [-0.2, -0.15) is 0 Å². The summed E-state index contributed by atoms with van der Waals surface area (Å²) < 4.78 is 4.55. The summed E-state index contributed by atoms with van der Waals surface area (Å²) in [7, 11) is 1.31. The first-order chi connectivity index (χ1) is 6.72. The van der Waals surface area contributed by atoms with Crippen LogP contribution in [0.5, 0.6) is 0 Å². The maximum atomic E-state index is 11.2. The number of aromatic nitrogens is 2. The van der Waals surface area contributed by atoms with Crippen molar-refractivity contribution in [2.24, 2.45) is 0 Å². The van der Waals surface area contributed by atoms with Gasteiger partial charge in [-0.25, -0.2) is 9.78 Å². The lowest BCUT2D eigenvalue weighted by Crippen LogP contribution is -2.03. The Bertz CT molecular complexity index is 490. The molecular formula is C9H9N3O2. The summed E-state index contributed by atoms with van der Waals surface area (Å²) in [6.45, 7) is 0. The fourth-order valence-corrected chi connectivity index (χ4v) is 1.24. The van der Waals surface area contributed by atoms with Crippen molar-refractivity contribution < 1.29 is 9.53 Å². The van der Waals surface area contributed by atoms with Gasteiger partial charge in [-0.3, -0.25) is 0 Å². The Labute approximate surface area is 79.9 Å². The molecule has 5 heteroatoms. The standard InChI is InChI=1S/C9H9N3O2/c1-14-9(13)7-3-2-6-8(12-7)5(10)4-11-6/h2-4,11H,10H2,1H3. The van der Waals surface area contributed by atoms with E-state index in [1.165, 1.54) is 7.11 Å². The van der Waals surface area contributed by atoms with E-state index in [1.807, 2.05) is 0 Å². The number of H-pyrrole nitrogens is 1. The predicted octanol–water partition coefficient (Wildman–Crippen LogP) is 0.932. The second-order valence-corrected chi connectivity index (χ2v) is 2.83. The summed E-state index contributed by atoms with van der Waals surface area (Å²) >= 11 is 0. The highest BCUT2D eigenvalue weighted by Gasteiger charge is 2.09. The Morgan fingerprint density at radius 3 is 3.07 bits per heavy atom. The predicted molar refractivity (Wildman–Crippen MR) is 51.8 cm³/mol. The molecule has 2 aromatic rings. The minimum Gasteiger partial charge on any atom is -0.464 e. The number of hydrogen-bond acceptors (Lipinski definition) is 4. The van der Waals surface area contributed by atoms with Crippen LogP contribution in [0, 0.1) is 0 Å². The van der Waals surface area contributed by atoms with E-state index in [2.05, 4.69) is 14.7 Å². The number of nitrogens with zero attached hydrogens (tertiary/aromatic N) is 1. The van der Waals surface area contributed by atoms with Crippen LogP contribution in [0.2, 0.25) is 0 Å². The fraction of sp³-hybridized carbons (Fsp3) is 0.111. The van der Waals surface area contributed by atoms with Gasteiger partial charge in [-0.1, -0.05) is 0 Å². The number of nitrogen functional groups attached to an aromatic ring is 1. The number of nitrogens with two attached hydrogens (primary N) is 1. The van der Waals surface area contributed by atoms with Crippen LogP contribution in [-0.2, 0) is 4.74 Å². The Hall–Kier alpha value is -2.04. The van der Waals surface area contributed by atoms with E-state index >= 15 is 0 Å². The molecule has 0 radical (unpaired) electrons.